The molecule has 2 fully saturated rings. The minimum atomic E-state index is -3.40. The van der Waals surface area contributed by atoms with Crippen LogP contribution in [-0.4, -0.2) is 59.0 Å². The van der Waals surface area contributed by atoms with E-state index in [4.69, 9.17) is 5.11 Å². The fourth-order valence-corrected chi connectivity index (χ4v) is 5.30. The summed E-state index contributed by atoms with van der Waals surface area (Å²) < 4.78 is 23.7. The van der Waals surface area contributed by atoms with Crippen molar-refractivity contribution in [2.45, 2.75) is 30.6 Å². The summed E-state index contributed by atoms with van der Waals surface area (Å²) in [5.74, 6) is -0.980. The van der Waals surface area contributed by atoms with E-state index in [-0.39, 0.29) is 11.6 Å². The second kappa shape index (κ2) is 5.08. The van der Waals surface area contributed by atoms with Gasteiger partial charge in [-0.15, -0.1) is 11.8 Å². The molecule has 0 spiro atoms. The molecule has 18 heavy (non-hydrogen) atoms. The van der Waals surface area contributed by atoms with Crippen LogP contribution in [-0.2, 0) is 19.4 Å². The molecule has 1 unspecified atom stereocenters. The number of hydrogen-bond acceptors (Lipinski definition) is 5. The topological polar surface area (TPSA) is 91.8 Å². The molecule has 0 radical (unpaired) electrons. The molecule has 0 saturated carbocycles. The van der Waals surface area contributed by atoms with E-state index < -0.39 is 33.0 Å². The van der Waals surface area contributed by atoms with E-state index in [1.807, 2.05) is 0 Å². The molecule has 8 heteroatoms. The van der Waals surface area contributed by atoms with E-state index in [9.17, 15) is 18.0 Å². The number of sulfone groups is 1. The Balaban J connectivity index is 2.18. The molecular formula is C10H15NO5S2. The highest BCUT2D eigenvalue weighted by atomic mass is 32.2. The van der Waals surface area contributed by atoms with Gasteiger partial charge in [-0.3, -0.25) is 4.79 Å². The summed E-state index contributed by atoms with van der Waals surface area (Å²) in [6.45, 7) is 0. The first-order valence-electron chi connectivity index (χ1n) is 5.76. The maximum atomic E-state index is 12.2. The molecule has 0 aliphatic carbocycles. The molecule has 2 heterocycles. The number of hydrogen-bond donors (Lipinski definition) is 1. The standard InChI is InChI=1S/C10H15NO5S2/c12-9(8-3-1-2-4-18(8,15)16)11-6-17-5-7(11)10(13)14/h7-8H,1-6H2,(H,13,14)/t7-,8?/m0/s1. The van der Waals surface area contributed by atoms with Gasteiger partial charge < -0.3 is 10.0 Å². The molecule has 1 N–H and O–H groups in total. The summed E-state index contributed by atoms with van der Waals surface area (Å²) in [5, 5.41) is 7.97. The van der Waals surface area contributed by atoms with Gasteiger partial charge in [-0.1, -0.05) is 6.42 Å². The van der Waals surface area contributed by atoms with Crippen LogP contribution in [0.2, 0.25) is 0 Å². The zero-order chi connectivity index (χ0) is 13.3. The molecule has 6 nitrogen and oxygen atoms in total. The maximum Gasteiger partial charge on any atom is 0.327 e. The summed E-state index contributed by atoms with van der Waals surface area (Å²) in [7, 11) is -3.40. The van der Waals surface area contributed by atoms with Crippen LogP contribution >= 0.6 is 11.8 Å². The van der Waals surface area contributed by atoms with Crippen molar-refractivity contribution in [2.24, 2.45) is 0 Å². The van der Waals surface area contributed by atoms with E-state index in [1.165, 1.54) is 16.7 Å². The van der Waals surface area contributed by atoms with Crippen LogP contribution in [0, 0.1) is 0 Å². The van der Waals surface area contributed by atoms with E-state index in [0.29, 0.717) is 25.0 Å². The lowest BCUT2D eigenvalue weighted by molar-refractivity contribution is -0.147. The molecule has 102 valence electrons. The van der Waals surface area contributed by atoms with E-state index >= 15 is 0 Å². The molecule has 2 aliphatic rings. The van der Waals surface area contributed by atoms with Crippen LogP contribution in [0.5, 0.6) is 0 Å². The van der Waals surface area contributed by atoms with Gasteiger partial charge in [0.25, 0.3) is 0 Å². The van der Waals surface area contributed by atoms with Gasteiger partial charge in [-0.25, -0.2) is 13.2 Å². The SMILES string of the molecule is O=C(O)[C@@H]1CSCN1C(=O)C1CCCCS1(=O)=O. The second-order valence-electron chi connectivity index (χ2n) is 4.51. The largest absolute Gasteiger partial charge is 0.480 e. The lowest BCUT2D eigenvalue weighted by Crippen LogP contribution is -2.49. The molecular weight excluding hydrogens is 278 g/mol. The summed E-state index contributed by atoms with van der Waals surface area (Å²) in [5.41, 5.74) is 0. The molecule has 0 aromatic carbocycles. The van der Waals surface area contributed by atoms with Gasteiger partial charge in [0, 0.05) is 5.75 Å². The van der Waals surface area contributed by atoms with Gasteiger partial charge in [-0.2, -0.15) is 0 Å². The molecule has 2 atom stereocenters. The number of amides is 1. The number of aliphatic carboxylic acids is 1. The summed E-state index contributed by atoms with van der Waals surface area (Å²) >= 11 is 1.34. The third-order valence-electron chi connectivity index (χ3n) is 3.30. The predicted octanol–water partition coefficient (Wildman–Crippen LogP) is -0.0602. The monoisotopic (exact) mass is 293 g/mol. The Morgan fingerprint density at radius 3 is 2.61 bits per heavy atom. The Morgan fingerprint density at radius 2 is 2.00 bits per heavy atom. The highest BCUT2D eigenvalue weighted by Gasteiger charge is 2.43. The van der Waals surface area contributed by atoms with Crippen molar-refractivity contribution >= 4 is 33.5 Å². The van der Waals surface area contributed by atoms with E-state index in [2.05, 4.69) is 0 Å². The maximum absolute atomic E-state index is 12.2. The van der Waals surface area contributed by atoms with E-state index in [0.717, 1.165) is 0 Å². The van der Waals surface area contributed by atoms with Crippen LogP contribution in [0.15, 0.2) is 0 Å². The number of carbonyl (C=O) groups excluding carboxylic acids is 1. The van der Waals surface area contributed by atoms with Gasteiger partial charge >= 0.3 is 5.97 Å². The summed E-state index contributed by atoms with van der Waals surface area (Å²) in [6.07, 6.45) is 1.60. The van der Waals surface area contributed by atoms with Gasteiger partial charge in [0.05, 0.1) is 11.6 Å². The number of carbonyl (C=O) groups is 2. The number of nitrogens with zero attached hydrogens (tertiary/aromatic N) is 1. The van der Waals surface area contributed by atoms with Crippen molar-refractivity contribution in [1.29, 1.82) is 0 Å². The average molecular weight is 293 g/mol. The lowest BCUT2D eigenvalue weighted by atomic mass is 10.1. The molecule has 0 bridgehead atoms. The van der Waals surface area contributed by atoms with Crippen LogP contribution < -0.4 is 0 Å². The van der Waals surface area contributed by atoms with Crippen molar-refractivity contribution in [1.82, 2.24) is 4.90 Å². The number of thioether (sulfide) groups is 1. The highest BCUT2D eigenvalue weighted by molar-refractivity contribution is 7.99. The van der Waals surface area contributed by atoms with Gasteiger partial charge in [0.15, 0.2) is 9.84 Å². The highest BCUT2D eigenvalue weighted by Crippen LogP contribution is 2.27. The molecule has 2 rings (SSSR count). The Bertz CT molecular complexity index is 461. The van der Waals surface area contributed by atoms with Gasteiger partial charge in [0.2, 0.25) is 5.91 Å². The zero-order valence-corrected chi connectivity index (χ0v) is 11.4. The molecule has 1 amide bonds. The normalized spacial score (nSPS) is 31.2. The lowest BCUT2D eigenvalue weighted by Gasteiger charge is -2.28. The Hall–Kier alpha value is -0.760. The first-order valence-corrected chi connectivity index (χ1v) is 8.63. The molecule has 0 aromatic rings. The fraction of sp³-hybridized carbons (Fsp3) is 0.800. The average Bonchev–Trinajstić information content (AvgIpc) is 2.76. The third-order valence-corrected chi connectivity index (χ3v) is 6.48. The zero-order valence-electron chi connectivity index (χ0n) is 9.74. The van der Waals surface area contributed by atoms with Crippen molar-refractivity contribution in [3.05, 3.63) is 0 Å². The smallest absolute Gasteiger partial charge is 0.327 e. The first kappa shape index (κ1) is 13.7. The number of carboxylic acids is 1. The molecule has 0 aromatic heterocycles. The predicted molar refractivity (Wildman–Crippen MR) is 67.0 cm³/mol. The van der Waals surface area contributed by atoms with Crippen molar-refractivity contribution in [2.75, 3.05) is 17.4 Å². The summed E-state index contributed by atoms with van der Waals surface area (Å²) in [4.78, 5) is 24.4. The van der Waals surface area contributed by atoms with Crippen molar-refractivity contribution < 1.29 is 23.1 Å². The number of rotatable bonds is 2. The Labute approximate surface area is 110 Å². The summed E-state index contributed by atoms with van der Waals surface area (Å²) in [6, 6.07) is -0.889. The quantitative estimate of drug-likeness (QED) is 0.767. The first-order chi connectivity index (χ1) is 8.43. The van der Waals surface area contributed by atoms with Crippen molar-refractivity contribution in [3.8, 4) is 0 Å². The van der Waals surface area contributed by atoms with Crippen LogP contribution in [0.1, 0.15) is 19.3 Å². The fourth-order valence-electron chi connectivity index (χ4n) is 2.28. The Morgan fingerprint density at radius 1 is 1.28 bits per heavy atom. The van der Waals surface area contributed by atoms with E-state index in [1.54, 1.807) is 0 Å². The third kappa shape index (κ3) is 2.49. The Kier molecular flexibility index (Phi) is 3.86. The minimum absolute atomic E-state index is 0.0299. The van der Waals surface area contributed by atoms with Gasteiger partial charge in [0.1, 0.15) is 11.3 Å². The minimum Gasteiger partial charge on any atom is -0.480 e. The molecule has 2 aliphatic heterocycles. The van der Waals surface area contributed by atoms with Crippen molar-refractivity contribution in [3.63, 3.8) is 0 Å². The van der Waals surface area contributed by atoms with Crippen LogP contribution in [0.4, 0.5) is 0 Å². The molecule has 2 saturated heterocycles. The van der Waals surface area contributed by atoms with Crippen LogP contribution in [0.3, 0.4) is 0 Å². The second-order valence-corrected chi connectivity index (χ2v) is 7.82. The number of carboxylic acid groups (broad SMARTS) is 1. The van der Waals surface area contributed by atoms with Gasteiger partial charge in [-0.05, 0) is 12.8 Å². The van der Waals surface area contributed by atoms with Crippen LogP contribution in [0.25, 0.3) is 0 Å².